The van der Waals surface area contributed by atoms with Gasteiger partial charge in [-0.25, -0.2) is 0 Å². The number of rotatable bonds is 2. The minimum absolute atomic E-state index is 0.0741. The van der Waals surface area contributed by atoms with Gasteiger partial charge in [0.05, 0.1) is 6.04 Å². The molecule has 2 rings (SSSR count). The Morgan fingerprint density at radius 2 is 2.13 bits per heavy atom. The Hall–Kier alpha value is -0.830. The Morgan fingerprint density at radius 1 is 1.33 bits per heavy atom. The molecule has 2 aromatic rings. The van der Waals surface area contributed by atoms with Crippen LogP contribution in [0.5, 0.6) is 0 Å². The van der Waals surface area contributed by atoms with Gasteiger partial charge in [-0.1, -0.05) is 23.7 Å². The number of nitrogens with two attached hydrogens (primary N) is 1. The molecule has 0 saturated heterocycles. The number of aryl methyl sites for hydroxylation is 1. The average Bonchev–Trinajstić information content (AvgIpc) is 2.63. The Bertz CT molecular complexity index is 464. The fourth-order valence-corrected chi connectivity index (χ4v) is 2.65. The first kappa shape index (κ1) is 10.7. The third kappa shape index (κ3) is 2.23. The summed E-state index contributed by atoms with van der Waals surface area (Å²) < 4.78 is 0. The Kier molecular flexibility index (Phi) is 3.10. The van der Waals surface area contributed by atoms with Crippen LogP contribution in [0.1, 0.15) is 22.7 Å². The van der Waals surface area contributed by atoms with E-state index in [0.29, 0.717) is 0 Å². The predicted octanol–water partition coefficient (Wildman–Crippen LogP) is 3.76. The summed E-state index contributed by atoms with van der Waals surface area (Å²) in [7, 11) is 0. The zero-order valence-corrected chi connectivity index (χ0v) is 9.98. The van der Waals surface area contributed by atoms with E-state index in [9.17, 15) is 0 Å². The minimum Gasteiger partial charge on any atom is -0.320 e. The summed E-state index contributed by atoms with van der Waals surface area (Å²) >= 11 is 7.62. The number of hydrogen-bond acceptors (Lipinski definition) is 2. The molecule has 0 bridgehead atoms. The largest absolute Gasteiger partial charge is 0.320 e. The summed E-state index contributed by atoms with van der Waals surface area (Å²) in [5.41, 5.74) is 9.66. The monoisotopic (exact) mass is 237 g/mol. The topological polar surface area (TPSA) is 26.0 Å². The molecule has 3 heteroatoms. The SMILES string of the molecule is Cc1cscc1C(N)c1cccc(Cl)c1. The van der Waals surface area contributed by atoms with Crippen molar-refractivity contribution in [3.8, 4) is 0 Å². The van der Waals surface area contributed by atoms with Crippen molar-refractivity contribution in [3.63, 3.8) is 0 Å². The van der Waals surface area contributed by atoms with E-state index in [-0.39, 0.29) is 6.04 Å². The standard InChI is InChI=1S/C12H12ClNS/c1-8-6-15-7-11(8)12(14)9-3-2-4-10(13)5-9/h2-7,12H,14H2,1H3. The summed E-state index contributed by atoms with van der Waals surface area (Å²) in [6, 6.07) is 7.64. The van der Waals surface area contributed by atoms with Gasteiger partial charge in [-0.05, 0) is 46.5 Å². The van der Waals surface area contributed by atoms with Gasteiger partial charge in [0.1, 0.15) is 0 Å². The molecular formula is C12H12ClNS. The van der Waals surface area contributed by atoms with Crippen molar-refractivity contribution in [2.24, 2.45) is 5.73 Å². The molecule has 0 spiro atoms. The first-order valence-corrected chi connectivity index (χ1v) is 6.04. The van der Waals surface area contributed by atoms with Gasteiger partial charge in [-0.2, -0.15) is 11.3 Å². The van der Waals surface area contributed by atoms with Gasteiger partial charge in [0.25, 0.3) is 0 Å². The Labute approximate surface area is 98.5 Å². The lowest BCUT2D eigenvalue weighted by Crippen LogP contribution is -2.11. The van der Waals surface area contributed by atoms with Gasteiger partial charge in [0, 0.05) is 5.02 Å². The molecule has 0 amide bonds. The van der Waals surface area contributed by atoms with E-state index >= 15 is 0 Å². The highest BCUT2D eigenvalue weighted by molar-refractivity contribution is 7.08. The van der Waals surface area contributed by atoms with Gasteiger partial charge in [-0.3, -0.25) is 0 Å². The fraction of sp³-hybridized carbons (Fsp3) is 0.167. The van der Waals surface area contributed by atoms with Crippen LogP contribution in [0.15, 0.2) is 35.0 Å². The number of halogens is 1. The van der Waals surface area contributed by atoms with Crippen molar-refractivity contribution < 1.29 is 0 Å². The molecule has 2 N–H and O–H groups in total. The molecule has 0 radical (unpaired) electrons. The molecular weight excluding hydrogens is 226 g/mol. The quantitative estimate of drug-likeness (QED) is 0.846. The van der Waals surface area contributed by atoms with Crippen LogP contribution in [-0.2, 0) is 0 Å². The number of thiophene rings is 1. The molecule has 1 unspecified atom stereocenters. The molecule has 0 aliphatic heterocycles. The van der Waals surface area contributed by atoms with Crippen LogP contribution < -0.4 is 5.73 Å². The second-order valence-electron chi connectivity index (χ2n) is 3.54. The van der Waals surface area contributed by atoms with E-state index in [4.69, 9.17) is 17.3 Å². The average molecular weight is 238 g/mol. The lowest BCUT2D eigenvalue weighted by atomic mass is 10.00. The zero-order chi connectivity index (χ0) is 10.8. The molecule has 1 aromatic carbocycles. The van der Waals surface area contributed by atoms with E-state index in [1.54, 1.807) is 11.3 Å². The number of benzene rings is 1. The van der Waals surface area contributed by atoms with Crippen molar-refractivity contribution in [1.29, 1.82) is 0 Å². The lowest BCUT2D eigenvalue weighted by Gasteiger charge is -2.12. The summed E-state index contributed by atoms with van der Waals surface area (Å²) in [6.45, 7) is 2.08. The van der Waals surface area contributed by atoms with Gasteiger partial charge >= 0.3 is 0 Å². The fourth-order valence-electron chi connectivity index (χ4n) is 1.57. The van der Waals surface area contributed by atoms with Crippen molar-refractivity contribution >= 4 is 22.9 Å². The van der Waals surface area contributed by atoms with Gasteiger partial charge < -0.3 is 5.73 Å². The summed E-state index contributed by atoms with van der Waals surface area (Å²) in [5.74, 6) is 0. The maximum absolute atomic E-state index is 6.18. The Balaban J connectivity index is 2.36. The van der Waals surface area contributed by atoms with Crippen LogP contribution in [-0.4, -0.2) is 0 Å². The second-order valence-corrected chi connectivity index (χ2v) is 4.72. The first-order valence-electron chi connectivity index (χ1n) is 4.72. The molecule has 1 nitrogen and oxygen atoms in total. The predicted molar refractivity (Wildman–Crippen MR) is 66.5 cm³/mol. The molecule has 0 aliphatic rings. The molecule has 0 fully saturated rings. The minimum atomic E-state index is -0.0741. The maximum atomic E-state index is 6.18. The van der Waals surface area contributed by atoms with E-state index in [2.05, 4.69) is 17.7 Å². The third-order valence-electron chi connectivity index (χ3n) is 2.44. The molecule has 15 heavy (non-hydrogen) atoms. The highest BCUT2D eigenvalue weighted by atomic mass is 35.5. The molecule has 0 aliphatic carbocycles. The summed E-state index contributed by atoms with van der Waals surface area (Å²) in [6.07, 6.45) is 0. The van der Waals surface area contributed by atoms with Crippen molar-refractivity contribution in [2.75, 3.05) is 0 Å². The van der Waals surface area contributed by atoms with E-state index < -0.39 is 0 Å². The van der Waals surface area contributed by atoms with Crippen LogP contribution >= 0.6 is 22.9 Å². The van der Waals surface area contributed by atoms with Gasteiger partial charge in [0.2, 0.25) is 0 Å². The van der Waals surface area contributed by atoms with Crippen molar-refractivity contribution in [3.05, 3.63) is 56.7 Å². The number of hydrogen-bond donors (Lipinski definition) is 1. The van der Waals surface area contributed by atoms with E-state index in [1.807, 2.05) is 24.3 Å². The molecule has 1 heterocycles. The molecule has 0 saturated carbocycles. The lowest BCUT2D eigenvalue weighted by molar-refractivity contribution is 0.868. The normalized spacial score (nSPS) is 12.7. The zero-order valence-electron chi connectivity index (χ0n) is 8.41. The molecule has 78 valence electrons. The van der Waals surface area contributed by atoms with Gasteiger partial charge in [0.15, 0.2) is 0 Å². The Morgan fingerprint density at radius 3 is 2.73 bits per heavy atom. The van der Waals surface area contributed by atoms with Crippen LogP contribution in [0.2, 0.25) is 5.02 Å². The van der Waals surface area contributed by atoms with E-state index in [0.717, 1.165) is 10.6 Å². The first-order chi connectivity index (χ1) is 7.18. The van der Waals surface area contributed by atoms with Crippen LogP contribution in [0.4, 0.5) is 0 Å². The molecule has 1 atom stereocenters. The third-order valence-corrected chi connectivity index (χ3v) is 3.55. The van der Waals surface area contributed by atoms with Crippen molar-refractivity contribution in [1.82, 2.24) is 0 Å². The highest BCUT2D eigenvalue weighted by Gasteiger charge is 2.11. The van der Waals surface area contributed by atoms with Crippen LogP contribution in [0.3, 0.4) is 0 Å². The van der Waals surface area contributed by atoms with Crippen molar-refractivity contribution in [2.45, 2.75) is 13.0 Å². The molecule has 1 aromatic heterocycles. The van der Waals surface area contributed by atoms with Crippen LogP contribution in [0, 0.1) is 6.92 Å². The van der Waals surface area contributed by atoms with Crippen LogP contribution in [0.25, 0.3) is 0 Å². The van der Waals surface area contributed by atoms with Gasteiger partial charge in [-0.15, -0.1) is 0 Å². The van der Waals surface area contributed by atoms with E-state index in [1.165, 1.54) is 11.1 Å². The summed E-state index contributed by atoms with van der Waals surface area (Å²) in [5, 5.41) is 4.94. The highest BCUT2D eigenvalue weighted by Crippen LogP contribution is 2.26. The summed E-state index contributed by atoms with van der Waals surface area (Å²) in [4.78, 5) is 0. The second kappa shape index (κ2) is 4.35. The smallest absolute Gasteiger partial charge is 0.0563 e. The maximum Gasteiger partial charge on any atom is 0.0563 e.